The number of hydrogen-bond acceptors (Lipinski definition) is 4. The summed E-state index contributed by atoms with van der Waals surface area (Å²) in [4.78, 5) is 11.9. The van der Waals surface area contributed by atoms with Crippen LogP contribution in [0.15, 0.2) is 57.9 Å². The number of carbonyl (C=O) groups is 1. The summed E-state index contributed by atoms with van der Waals surface area (Å²) < 4.78 is 32.8. The summed E-state index contributed by atoms with van der Waals surface area (Å²) in [5.41, 5.74) is 1.07. The number of carbonyl (C=O) groups excluding carboxylic acids is 1. The number of esters is 1. The minimum atomic E-state index is -3.77. The Bertz CT molecular complexity index is 851. The van der Waals surface area contributed by atoms with Gasteiger partial charge in [-0.3, -0.25) is 0 Å². The molecule has 0 N–H and O–H groups in total. The first-order valence-corrected chi connectivity index (χ1v) is 9.94. The first-order valence-electron chi connectivity index (χ1n) is 7.71. The van der Waals surface area contributed by atoms with E-state index in [-0.39, 0.29) is 23.0 Å². The van der Waals surface area contributed by atoms with Crippen LogP contribution in [0.5, 0.6) is 0 Å². The molecular formula is C18H20BrNO4S. The van der Waals surface area contributed by atoms with Gasteiger partial charge >= 0.3 is 5.97 Å². The van der Waals surface area contributed by atoms with E-state index in [1.165, 1.54) is 23.5 Å². The summed E-state index contributed by atoms with van der Waals surface area (Å²) in [5.74, 6) is -0.594. The zero-order chi connectivity index (χ0) is 18.6. The standard InChI is InChI=1S/C18H20BrNO4S/c1-13(2)20(12-14-7-5-4-6-8-14)25(22,23)15-9-10-17(19)16(11-15)18(21)24-3/h4-11,13H,12H2,1-3H3. The molecule has 0 bridgehead atoms. The van der Waals surface area contributed by atoms with Gasteiger partial charge in [0, 0.05) is 17.1 Å². The van der Waals surface area contributed by atoms with Crippen LogP contribution in [0.3, 0.4) is 0 Å². The van der Waals surface area contributed by atoms with Gasteiger partial charge in [0.15, 0.2) is 0 Å². The Kier molecular flexibility index (Phi) is 6.37. The molecule has 0 heterocycles. The summed E-state index contributed by atoms with van der Waals surface area (Å²) in [6.45, 7) is 3.89. The summed E-state index contributed by atoms with van der Waals surface area (Å²) >= 11 is 3.25. The van der Waals surface area contributed by atoms with Crippen LogP contribution in [0.4, 0.5) is 0 Å². The van der Waals surface area contributed by atoms with Gasteiger partial charge in [0.25, 0.3) is 0 Å². The van der Waals surface area contributed by atoms with Gasteiger partial charge in [-0.1, -0.05) is 30.3 Å². The fourth-order valence-corrected chi connectivity index (χ4v) is 4.44. The third kappa shape index (κ3) is 4.48. The lowest BCUT2D eigenvalue weighted by molar-refractivity contribution is 0.0599. The Morgan fingerprint density at radius 2 is 1.80 bits per heavy atom. The van der Waals surface area contributed by atoms with Crippen molar-refractivity contribution in [2.75, 3.05) is 7.11 Å². The maximum Gasteiger partial charge on any atom is 0.339 e. The lowest BCUT2D eigenvalue weighted by Crippen LogP contribution is -2.36. The van der Waals surface area contributed by atoms with Crippen molar-refractivity contribution in [3.63, 3.8) is 0 Å². The van der Waals surface area contributed by atoms with E-state index in [0.29, 0.717) is 4.47 Å². The van der Waals surface area contributed by atoms with Gasteiger partial charge in [-0.2, -0.15) is 4.31 Å². The van der Waals surface area contributed by atoms with Crippen LogP contribution in [-0.4, -0.2) is 31.8 Å². The van der Waals surface area contributed by atoms with Crippen molar-refractivity contribution in [2.24, 2.45) is 0 Å². The molecule has 0 radical (unpaired) electrons. The average Bonchev–Trinajstić information content (AvgIpc) is 2.59. The summed E-state index contributed by atoms with van der Waals surface area (Å²) in [6, 6.07) is 13.5. The molecular weight excluding hydrogens is 406 g/mol. The first kappa shape index (κ1) is 19.6. The number of hydrogen-bond donors (Lipinski definition) is 0. The number of halogens is 1. The molecule has 0 spiro atoms. The molecule has 2 aromatic rings. The van der Waals surface area contributed by atoms with E-state index in [2.05, 4.69) is 15.9 Å². The quantitative estimate of drug-likeness (QED) is 0.659. The van der Waals surface area contributed by atoms with Crippen molar-refractivity contribution in [1.82, 2.24) is 4.31 Å². The van der Waals surface area contributed by atoms with E-state index in [1.807, 2.05) is 44.2 Å². The van der Waals surface area contributed by atoms with E-state index in [0.717, 1.165) is 5.56 Å². The lowest BCUT2D eigenvalue weighted by Gasteiger charge is -2.26. The molecule has 134 valence electrons. The third-order valence-electron chi connectivity index (χ3n) is 3.71. The Hall–Kier alpha value is -1.70. The van der Waals surface area contributed by atoms with Crippen molar-refractivity contribution in [3.8, 4) is 0 Å². The van der Waals surface area contributed by atoms with Crippen molar-refractivity contribution in [3.05, 3.63) is 64.1 Å². The van der Waals surface area contributed by atoms with Crippen LogP contribution in [0, 0.1) is 0 Å². The largest absolute Gasteiger partial charge is 0.465 e. The predicted octanol–water partition coefficient (Wildman–Crippen LogP) is 3.84. The Morgan fingerprint density at radius 3 is 2.36 bits per heavy atom. The molecule has 5 nitrogen and oxygen atoms in total. The van der Waals surface area contributed by atoms with E-state index >= 15 is 0 Å². The SMILES string of the molecule is COC(=O)c1cc(S(=O)(=O)N(Cc2ccccc2)C(C)C)ccc1Br. The highest BCUT2D eigenvalue weighted by Crippen LogP contribution is 2.26. The summed E-state index contributed by atoms with van der Waals surface area (Å²) in [5, 5.41) is 0. The molecule has 7 heteroatoms. The zero-order valence-corrected chi connectivity index (χ0v) is 16.7. The fraction of sp³-hybridized carbons (Fsp3) is 0.278. The molecule has 0 fully saturated rings. The van der Waals surface area contributed by atoms with Crippen molar-refractivity contribution in [1.29, 1.82) is 0 Å². The van der Waals surface area contributed by atoms with Gasteiger partial charge in [0.05, 0.1) is 17.6 Å². The van der Waals surface area contributed by atoms with Gasteiger partial charge in [0.1, 0.15) is 0 Å². The lowest BCUT2D eigenvalue weighted by atomic mass is 10.2. The molecule has 0 atom stereocenters. The molecule has 0 unspecified atom stereocenters. The first-order chi connectivity index (χ1) is 11.8. The van der Waals surface area contributed by atoms with Crippen LogP contribution in [0.25, 0.3) is 0 Å². The average molecular weight is 426 g/mol. The highest BCUT2D eigenvalue weighted by atomic mass is 79.9. The monoisotopic (exact) mass is 425 g/mol. The van der Waals surface area contributed by atoms with Gasteiger partial charge in [-0.25, -0.2) is 13.2 Å². The highest BCUT2D eigenvalue weighted by molar-refractivity contribution is 9.10. The molecule has 0 aromatic heterocycles. The van der Waals surface area contributed by atoms with Crippen molar-refractivity contribution >= 4 is 31.9 Å². The van der Waals surface area contributed by atoms with Crippen LogP contribution >= 0.6 is 15.9 Å². The third-order valence-corrected chi connectivity index (χ3v) is 6.42. The number of methoxy groups -OCH3 is 1. The van der Waals surface area contributed by atoms with Crippen LogP contribution in [0.2, 0.25) is 0 Å². The molecule has 2 rings (SSSR count). The number of sulfonamides is 1. The topological polar surface area (TPSA) is 63.7 Å². The number of ether oxygens (including phenoxy) is 1. The highest BCUT2D eigenvalue weighted by Gasteiger charge is 2.28. The van der Waals surface area contributed by atoms with E-state index in [4.69, 9.17) is 4.74 Å². The smallest absolute Gasteiger partial charge is 0.339 e. The second kappa shape index (κ2) is 8.12. The van der Waals surface area contributed by atoms with Crippen LogP contribution in [-0.2, 0) is 21.3 Å². The van der Waals surface area contributed by atoms with Crippen LogP contribution in [0.1, 0.15) is 29.8 Å². The minimum absolute atomic E-state index is 0.0562. The zero-order valence-electron chi connectivity index (χ0n) is 14.3. The second-order valence-corrected chi connectivity index (χ2v) is 8.51. The molecule has 0 saturated heterocycles. The maximum absolute atomic E-state index is 13.1. The molecule has 0 saturated carbocycles. The molecule has 0 amide bonds. The van der Waals surface area contributed by atoms with Crippen LogP contribution < -0.4 is 0 Å². The number of rotatable bonds is 6. The summed E-state index contributed by atoms with van der Waals surface area (Å²) in [6.07, 6.45) is 0. The van der Waals surface area contributed by atoms with Gasteiger partial charge < -0.3 is 4.74 Å². The van der Waals surface area contributed by atoms with Gasteiger partial charge in [-0.15, -0.1) is 0 Å². The molecule has 2 aromatic carbocycles. The van der Waals surface area contributed by atoms with Gasteiger partial charge in [-0.05, 0) is 53.5 Å². The molecule has 0 aliphatic heterocycles. The second-order valence-electron chi connectivity index (χ2n) is 5.76. The molecule has 0 aliphatic carbocycles. The number of benzene rings is 2. The van der Waals surface area contributed by atoms with E-state index < -0.39 is 16.0 Å². The predicted molar refractivity (Wildman–Crippen MR) is 99.8 cm³/mol. The van der Waals surface area contributed by atoms with Crippen molar-refractivity contribution < 1.29 is 17.9 Å². The number of nitrogens with zero attached hydrogens (tertiary/aromatic N) is 1. The molecule has 25 heavy (non-hydrogen) atoms. The van der Waals surface area contributed by atoms with E-state index in [9.17, 15) is 13.2 Å². The van der Waals surface area contributed by atoms with Gasteiger partial charge in [0.2, 0.25) is 10.0 Å². The summed E-state index contributed by atoms with van der Waals surface area (Å²) in [7, 11) is -2.52. The minimum Gasteiger partial charge on any atom is -0.465 e. The Labute approximate surface area is 156 Å². The normalized spacial score (nSPS) is 11.8. The Balaban J connectivity index is 2.45. The maximum atomic E-state index is 13.1. The van der Waals surface area contributed by atoms with E-state index in [1.54, 1.807) is 6.07 Å². The van der Waals surface area contributed by atoms with Crippen molar-refractivity contribution in [2.45, 2.75) is 31.3 Å². The molecule has 0 aliphatic rings. The fourth-order valence-electron chi connectivity index (χ4n) is 2.38. The Morgan fingerprint density at radius 1 is 1.16 bits per heavy atom.